The van der Waals surface area contributed by atoms with Gasteiger partial charge in [-0.2, -0.15) is 0 Å². The molecule has 2 aliphatic rings. The number of ether oxygens (including phenoxy) is 1. The minimum atomic E-state index is 0.159. The summed E-state index contributed by atoms with van der Waals surface area (Å²) in [6.07, 6.45) is 2.18. The number of benzene rings is 1. The first kappa shape index (κ1) is 19.3. The van der Waals surface area contributed by atoms with E-state index in [0.717, 1.165) is 60.5 Å². The Balaban J connectivity index is 1.27. The standard InChI is InChI=1S/C21H24N6O2S/c1-13-23-26-21(30-13)14-2-3-17(19(28)10-14)18-4-5-20(25-24-18)27-8-6-15(11-27)22-16-7-9-29-12-16/h2-5,10,15-16,22,28H,6-9,11-12H2,1H3/t15-,16+/m1/s1. The van der Waals surface area contributed by atoms with E-state index in [1.54, 1.807) is 6.07 Å². The number of phenols is 1. The van der Waals surface area contributed by atoms with E-state index < -0.39 is 0 Å². The summed E-state index contributed by atoms with van der Waals surface area (Å²) in [7, 11) is 0. The average Bonchev–Trinajstić information content (AvgIpc) is 3.51. The van der Waals surface area contributed by atoms with Crippen LogP contribution >= 0.6 is 11.3 Å². The van der Waals surface area contributed by atoms with Crippen LogP contribution in [0.4, 0.5) is 5.82 Å². The molecule has 2 fully saturated rings. The third-order valence-corrected chi connectivity index (χ3v) is 6.50. The van der Waals surface area contributed by atoms with Gasteiger partial charge in [0.15, 0.2) is 5.82 Å². The molecule has 5 rings (SSSR count). The Labute approximate surface area is 178 Å². The van der Waals surface area contributed by atoms with E-state index in [0.29, 0.717) is 23.3 Å². The molecule has 4 heterocycles. The highest BCUT2D eigenvalue weighted by Gasteiger charge is 2.27. The zero-order chi connectivity index (χ0) is 20.5. The van der Waals surface area contributed by atoms with Gasteiger partial charge in [0, 0.05) is 42.9 Å². The van der Waals surface area contributed by atoms with Crippen molar-refractivity contribution in [1.29, 1.82) is 0 Å². The van der Waals surface area contributed by atoms with Gasteiger partial charge in [0.1, 0.15) is 15.8 Å². The second-order valence-electron chi connectivity index (χ2n) is 7.79. The van der Waals surface area contributed by atoms with E-state index in [1.165, 1.54) is 11.3 Å². The van der Waals surface area contributed by atoms with Crippen LogP contribution in [0.2, 0.25) is 0 Å². The van der Waals surface area contributed by atoms with Gasteiger partial charge in [-0.1, -0.05) is 17.4 Å². The monoisotopic (exact) mass is 424 g/mol. The molecule has 0 radical (unpaired) electrons. The van der Waals surface area contributed by atoms with E-state index in [9.17, 15) is 5.11 Å². The van der Waals surface area contributed by atoms with Crippen molar-refractivity contribution in [3.05, 3.63) is 35.3 Å². The molecular formula is C21H24N6O2S. The number of nitrogens with zero attached hydrogens (tertiary/aromatic N) is 5. The van der Waals surface area contributed by atoms with Crippen LogP contribution in [0.15, 0.2) is 30.3 Å². The third kappa shape index (κ3) is 4.00. The molecule has 2 aromatic heterocycles. The lowest BCUT2D eigenvalue weighted by molar-refractivity contribution is 0.188. The third-order valence-electron chi connectivity index (χ3n) is 5.61. The first-order valence-corrected chi connectivity index (χ1v) is 11.0. The SMILES string of the molecule is Cc1nnc(-c2ccc(-c3ccc(N4CC[C@@H](N[C@H]5CCOC5)C4)nn3)c(O)c2)s1. The minimum Gasteiger partial charge on any atom is -0.507 e. The van der Waals surface area contributed by atoms with Crippen LogP contribution in [0.5, 0.6) is 5.75 Å². The molecule has 3 aromatic rings. The smallest absolute Gasteiger partial charge is 0.151 e. The maximum atomic E-state index is 10.5. The summed E-state index contributed by atoms with van der Waals surface area (Å²) in [6.45, 7) is 5.46. The number of aryl methyl sites for hydroxylation is 1. The average molecular weight is 425 g/mol. The van der Waals surface area contributed by atoms with E-state index in [4.69, 9.17) is 4.74 Å². The van der Waals surface area contributed by atoms with Crippen LogP contribution in [0.3, 0.4) is 0 Å². The molecule has 2 atom stereocenters. The Bertz CT molecular complexity index is 1020. The maximum Gasteiger partial charge on any atom is 0.151 e. The summed E-state index contributed by atoms with van der Waals surface area (Å²) in [5, 5.41) is 32.9. The highest BCUT2D eigenvalue weighted by atomic mass is 32.1. The van der Waals surface area contributed by atoms with Gasteiger partial charge in [0.05, 0.1) is 12.3 Å². The molecule has 8 nitrogen and oxygen atoms in total. The number of nitrogens with one attached hydrogen (secondary N) is 1. The Morgan fingerprint density at radius 2 is 2.03 bits per heavy atom. The van der Waals surface area contributed by atoms with Crippen LogP contribution in [0, 0.1) is 6.92 Å². The van der Waals surface area contributed by atoms with Gasteiger partial charge in [-0.05, 0) is 44.0 Å². The van der Waals surface area contributed by atoms with Crippen LogP contribution in [0.25, 0.3) is 21.8 Å². The van der Waals surface area contributed by atoms with Gasteiger partial charge < -0.3 is 20.1 Å². The van der Waals surface area contributed by atoms with Crippen LogP contribution in [-0.4, -0.2) is 63.9 Å². The summed E-state index contributed by atoms with van der Waals surface area (Å²) in [4.78, 5) is 2.25. The summed E-state index contributed by atoms with van der Waals surface area (Å²) in [6, 6.07) is 10.3. The number of hydrogen-bond donors (Lipinski definition) is 2. The number of rotatable bonds is 5. The molecule has 2 saturated heterocycles. The molecule has 0 saturated carbocycles. The van der Waals surface area contributed by atoms with Crippen molar-refractivity contribution in [2.24, 2.45) is 0 Å². The molecule has 0 amide bonds. The highest BCUT2D eigenvalue weighted by molar-refractivity contribution is 7.14. The first-order chi connectivity index (χ1) is 14.7. The lowest BCUT2D eigenvalue weighted by atomic mass is 10.1. The fourth-order valence-electron chi connectivity index (χ4n) is 4.04. The van der Waals surface area contributed by atoms with E-state index in [2.05, 4.69) is 30.6 Å². The maximum absolute atomic E-state index is 10.5. The fraction of sp³-hybridized carbons (Fsp3) is 0.429. The summed E-state index contributed by atoms with van der Waals surface area (Å²) in [5.74, 6) is 1.03. The molecular weight excluding hydrogens is 400 g/mol. The zero-order valence-corrected chi connectivity index (χ0v) is 17.6. The van der Waals surface area contributed by atoms with Crippen molar-refractivity contribution < 1.29 is 9.84 Å². The molecule has 1 aromatic carbocycles. The van der Waals surface area contributed by atoms with Crippen molar-refractivity contribution in [2.75, 3.05) is 31.2 Å². The van der Waals surface area contributed by atoms with Crippen molar-refractivity contribution in [3.8, 4) is 27.6 Å². The van der Waals surface area contributed by atoms with E-state index in [-0.39, 0.29) is 5.75 Å². The van der Waals surface area contributed by atoms with E-state index in [1.807, 2.05) is 31.2 Å². The number of anilines is 1. The second kappa shape index (κ2) is 8.25. The molecule has 156 valence electrons. The molecule has 0 bridgehead atoms. The van der Waals surface area contributed by atoms with Crippen molar-refractivity contribution in [1.82, 2.24) is 25.7 Å². The van der Waals surface area contributed by atoms with Crippen molar-refractivity contribution in [2.45, 2.75) is 31.8 Å². The summed E-state index contributed by atoms with van der Waals surface area (Å²) in [5.41, 5.74) is 2.14. The minimum absolute atomic E-state index is 0.159. The molecule has 9 heteroatoms. The van der Waals surface area contributed by atoms with Gasteiger partial charge in [-0.3, -0.25) is 0 Å². The Morgan fingerprint density at radius 3 is 2.73 bits per heavy atom. The molecule has 2 N–H and O–H groups in total. The van der Waals surface area contributed by atoms with Gasteiger partial charge in [0.2, 0.25) is 0 Å². The molecule has 0 unspecified atom stereocenters. The Kier molecular flexibility index (Phi) is 5.32. The van der Waals surface area contributed by atoms with Crippen LogP contribution < -0.4 is 10.2 Å². The lowest BCUT2D eigenvalue weighted by Crippen LogP contribution is -2.40. The molecule has 0 spiro atoms. The predicted molar refractivity (Wildman–Crippen MR) is 116 cm³/mol. The van der Waals surface area contributed by atoms with Gasteiger partial charge in [-0.15, -0.1) is 20.4 Å². The Morgan fingerprint density at radius 1 is 1.10 bits per heavy atom. The number of hydrogen-bond acceptors (Lipinski definition) is 9. The van der Waals surface area contributed by atoms with Crippen LogP contribution in [0.1, 0.15) is 17.8 Å². The fourth-order valence-corrected chi connectivity index (χ4v) is 4.72. The predicted octanol–water partition coefficient (Wildman–Crippen LogP) is 2.63. The summed E-state index contributed by atoms with van der Waals surface area (Å²) < 4.78 is 5.45. The number of aromatic nitrogens is 4. The van der Waals surface area contributed by atoms with Crippen molar-refractivity contribution >= 4 is 17.2 Å². The van der Waals surface area contributed by atoms with Crippen molar-refractivity contribution in [3.63, 3.8) is 0 Å². The second-order valence-corrected chi connectivity index (χ2v) is 8.98. The number of phenolic OH excluding ortho intramolecular Hbond substituents is 1. The molecule has 0 aliphatic carbocycles. The van der Waals surface area contributed by atoms with Gasteiger partial charge in [-0.25, -0.2) is 0 Å². The Hall–Kier alpha value is -2.62. The van der Waals surface area contributed by atoms with E-state index >= 15 is 0 Å². The topological polar surface area (TPSA) is 96.3 Å². The van der Waals surface area contributed by atoms with Gasteiger partial charge in [0.25, 0.3) is 0 Å². The lowest BCUT2D eigenvalue weighted by Gasteiger charge is -2.19. The largest absolute Gasteiger partial charge is 0.507 e. The van der Waals surface area contributed by atoms with Crippen LogP contribution in [-0.2, 0) is 4.74 Å². The first-order valence-electron chi connectivity index (χ1n) is 10.2. The summed E-state index contributed by atoms with van der Waals surface area (Å²) >= 11 is 1.50. The highest BCUT2D eigenvalue weighted by Crippen LogP contribution is 2.33. The molecule has 2 aliphatic heterocycles. The normalized spacial score (nSPS) is 21.4. The number of aromatic hydroxyl groups is 1. The van der Waals surface area contributed by atoms with Gasteiger partial charge >= 0.3 is 0 Å². The zero-order valence-electron chi connectivity index (χ0n) is 16.8. The quantitative estimate of drug-likeness (QED) is 0.645. The molecule has 30 heavy (non-hydrogen) atoms.